The summed E-state index contributed by atoms with van der Waals surface area (Å²) >= 11 is 1.44. The lowest BCUT2D eigenvalue weighted by Gasteiger charge is -2.15. The van der Waals surface area contributed by atoms with E-state index in [1.807, 2.05) is 19.1 Å². The fourth-order valence-electron chi connectivity index (χ4n) is 1.40. The van der Waals surface area contributed by atoms with E-state index in [4.69, 9.17) is 5.11 Å². The molecule has 0 unspecified atom stereocenters. The van der Waals surface area contributed by atoms with Gasteiger partial charge in [-0.1, -0.05) is 0 Å². The van der Waals surface area contributed by atoms with Gasteiger partial charge in [-0.2, -0.15) is 0 Å². The maximum absolute atomic E-state index is 11.2. The Kier molecular flexibility index (Phi) is 3.17. The molecule has 5 heteroatoms. The Labute approximate surface area is 109 Å². The summed E-state index contributed by atoms with van der Waals surface area (Å²) in [6, 6.07) is 3.86. The number of hydrogen-bond acceptors (Lipinski definition) is 4. The van der Waals surface area contributed by atoms with Gasteiger partial charge in [0.1, 0.15) is 10.4 Å². The third-order valence-electron chi connectivity index (χ3n) is 2.84. The lowest BCUT2D eigenvalue weighted by Crippen LogP contribution is -2.28. The van der Waals surface area contributed by atoms with E-state index >= 15 is 0 Å². The highest BCUT2D eigenvalue weighted by molar-refractivity contribution is 7.13. The van der Waals surface area contributed by atoms with E-state index < -0.39 is 11.4 Å². The Morgan fingerprint density at radius 2 is 2.11 bits per heavy atom. The Balaban J connectivity index is 2.37. The van der Waals surface area contributed by atoms with E-state index in [-0.39, 0.29) is 0 Å². The number of thiazole rings is 1. The normalized spacial score (nSPS) is 11.5. The summed E-state index contributed by atoms with van der Waals surface area (Å²) in [5.74, 6) is -0.874. The van der Waals surface area contributed by atoms with Crippen LogP contribution in [0.25, 0.3) is 10.6 Å². The number of carboxylic acids is 1. The maximum atomic E-state index is 11.2. The summed E-state index contributed by atoms with van der Waals surface area (Å²) < 4.78 is 0. The van der Waals surface area contributed by atoms with Gasteiger partial charge in [0.15, 0.2) is 0 Å². The number of hydrogen-bond donors (Lipinski definition) is 1. The number of rotatable bonds is 3. The predicted molar refractivity (Wildman–Crippen MR) is 70.7 cm³/mol. The van der Waals surface area contributed by atoms with Gasteiger partial charge in [0.25, 0.3) is 0 Å². The first-order chi connectivity index (χ1) is 8.41. The van der Waals surface area contributed by atoms with E-state index in [0.717, 1.165) is 16.3 Å². The molecule has 0 amide bonds. The van der Waals surface area contributed by atoms with Crippen LogP contribution in [0.5, 0.6) is 0 Å². The minimum Gasteiger partial charge on any atom is -0.481 e. The van der Waals surface area contributed by atoms with Gasteiger partial charge in [0.2, 0.25) is 0 Å². The molecule has 0 saturated heterocycles. The third kappa shape index (κ3) is 2.26. The van der Waals surface area contributed by atoms with Crippen molar-refractivity contribution in [2.75, 3.05) is 0 Å². The van der Waals surface area contributed by atoms with Gasteiger partial charge >= 0.3 is 5.97 Å². The topological polar surface area (TPSA) is 63.1 Å². The van der Waals surface area contributed by atoms with Gasteiger partial charge < -0.3 is 5.11 Å². The molecule has 18 heavy (non-hydrogen) atoms. The van der Waals surface area contributed by atoms with Crippen LogP contribution in [0.2, 0.25) is 0 Å². The highest BCUT2D eigenvalue weighted by Crippen LogP contribution is 2.29. The van der Waals surface area contributed by atoms with Crippen molar-refractivity contribution in [2.24, 2.45) is 0 Å². The highest BCUT2D eigenvalue weighted by Gasteiger charge is 2.32. The second-order valence-corrected chi connectivity index (χ2v) is 5.51. The summed E-state index contributed by atoms with van der Waals surface area (Å²) in [5, 5.41) is 11.8. The van der Waals surface area contributed by atoms with Gasteiger partial charge in [0.05, 0.1) is 5.69 Å². The first-order valence-corrected chi connectivity index (χ1v) is 6.41. The van der Waals surface area contributed by atoms with Crippen molar-refractivity contribution in [3.05, 3.63) is 35.1 Å². The molecular formula is C13H14N2O2S. The summed E-state index contributed by atoms with van der Waals surface area (Å²) in [6.45, 7) is 5.23. The van der Waals surface area contributed by atoms with E-state index in [2.05, 4.69) is 9.97 Å². The molecule has 0 fully saturated rings. The van der Waals surface area contributed by atoms with Gasteiger partial charge in [-0.25, -0.2) is 4.98 Å². The van der Waals surface area contributed by atoms with Crippen molar-refractivity contribution >= 4 is 17.3 Å². The van der Waals surface area contributed by atoms with Crippen LogP contribution >= 0.6 is 11.3 Å². The maximum Gasteiger partial charge on any atom is 0.315 e. The number of pyridine rings is 1. The molecule has 0 saturated carbocycles. The minimum absolute atomic E-state index is 0.579. The van der Waals surface area contributed by atoms with Crippen LogP contribution < -0.4 is 0 Å². The van der Waals surface area contributed by atoms with Crippen LogP contribution in [0.3, 0.4) is 0 Å². The predicted octanol–water partition coefficient (Wildman–Crippen LogP) is 2.88. The van der Waals surface area contributed by atoms with Gasteiger partial charge in [0, 0.05) is 22.8 Å². The van der Waals surface area contributed by atoms with Crippen molar-refractivity contribution in [1.29, 1.82) is 0 Å². The van der Waals surface area contributed by atoms with Crippen LogP contribution in [0.4, 0.5) is 0 Å². The Bertz CT molecular complexity index is 573. The van der Waals surface area contributed by atoms with Crippen molar-refractivity contribution in [3.63, 3.8) is 0 Å². The molecule has 0 radical (unpaired) electrons. The third-order valence-corrected chi connectivity index (χ3v) is 3.73. The van der Waals surface area contributed by atoms with E-state index in [1.165, 1.54) is 11.3 Å². The molecule has 0 atom stereocenters. The quantitative estimate of drug-likeness (QED) is 0.923. The smallest absolute Gasteiger partial charge is 0.315 e. The van der Waals surface area contributed by atoms with Crippen LogP contribution in [-0.4, -0.2) is 21.0 Å². The van der Waals surface area contributed by atoms with Crippen molar-refractivity contribution in [2.45, 2.75) is 26.2 Å². The molecule has 0 bridgehead atoms. The molecule has 0 spiro atoms. The first-order valence-electron chi connectivity index (χ1n) is 5.53. The van der Waals surface area contributed by atoms with Crippen LogP contribution in [0.1, 0.15) is 25.2 Å². The molecular weight excluding hydrogens is 248 g/mol. The highest BCUT2D eigenvalue weighted by atomic mass is 32.1. The summed E-state index contributed by atoms with van der Waals surface area (Å²) in [6.07, 6.45) is 1.76. The molecule has 2 aromatic rings. The number of aromatic nitrogens is 2. The van der Waals surface area contributed by atoms with E-state index in [1.54, 1.807) is 25.4 Å². The lowest BCUT2D eigenvalue weighted by molar-refractivity contribution is -0.142. The fraction of sp³-hybridized carbons (Fsp3) is 0.308. The molecule has 0 aromatic carbocycles. The van der Waals surface area contributed by atoms with Gasteiger partial charge in [-0.05, 0) is 32.9 Å². The Hall–Kier alpha value is -1.75. The first kappa shape index (κ1) is 12.7. The summed E-state index contributed by atoms with van der Waals surface area (Å²) in [7, 11) is 0. The molecule has 1 N–H and O–H groups in total. The average molecular weight is 262 g/mol. The molecule has 0 aliphatic carbocycles. The standard InChI is InChI=1S/C13H14N2O2S/c1-8-4-5-9(6-14-8)11-15-10(7-18-11)13(2,3)12(16)17/h4-7H,1-3H3,(H,16,17). The van der Waals surface area contributed by atoms with Crippen molar-refractivity contribution in [1.82, 2.24) is 9.97 Å². The van der Waals surface area contributed by atoms with Gasteiger partial charge in [-0.3, -0.25) is 9.78 Å². The van der Waals surface area contributed by atoms with Crippen LogP contribution in [0.15, 0.2) is 23.7 Å². The zero-order valence-corrected chi connectivity index (χ0v) is 11.3. The number of nitrogens with zero attached hydrogens (tertiary/aromatic N) is 2. The lowest BCUT2D eigenvalue weighted by atomic mass is 9.90. The second-order valence-electron chi connectivity index (χ2n) is 4.66. The molecule has 4 nitrogen and oxygen atoms in total. The molecule has 94 valence electrons. The molecule has 0 aliphatic heterocycles. The fourth-order valence-corrected chi connectivity index (χ4v) is 2.38. The monoisotopic (exact) mass is 262 g/mol. The van der Waals surface area contributed by atoms with Crippen molar-refractivity contribution < 1.29 is 9.90 Å². The number of aryl methyl sites for hydroxylation is 1. The number of carbonyl (C=O) groups is 1. The van der Waals surface area contributed by atoms with Crippen LogP contribution in [-0.2, 0) is 10.2 Å². The minimum atomic E-state index is -0.965. The molecule has 0 aliphatic rings. The Morgan fingerprint density at radius 3 is 2.67 bits per heavy atom. The van der Waals surface area contributed by atoms with Crippen LogP contribution in [0, 0.1) is 6.92 Å². The zero-order valence-electron chi connectivity index (χ0n) is 10.5. The molecule has 2 aromatic heterocycles. The average Bonchev–Trinajstić information content (AvgIpc) is 2.79. The molecule has 2 heterocycles. The van der Waals surface area contributed by atoms with E-state index in [9.17, 15) is 4.79 Å². The zero-order chi connectivity index (χ0) is 13.3. The van der Waals surface area contributed by atoms with Gasteiger partial charge in [-0.15, -0.1) is 11.3 Å². The SMILES string of the molecule is Cc1ccc(-c2nc(C(C)(C)C(=O)O)cs2)cn1. The number of aliphatic carboxylic acids is 1. The van der Waals surface area contributed by atoms with Crippen molar-refractivity contribution in [3.8, 4) is 10.6 Å². The Morgan fingerprint density at radius 1 is 1.39 bits per heavy atom. The molecule has 2 rings (SSSR count). The summed E-state index contributed by atoms with van der Waals surface area (Å²) in [5.41, 5.74) is 1.47. The number of carboxylic acid groups (broad SMARTS) is 1. The summed E-state index contributed by atoms with van der Waals surface area (Å²) in [4.78, 5) is 19.8. The van der Waals surface area contributed by atoms with E-state index in [0.29, 0.717) is 5.69 Å². The largest absolute Gasteiger partial charge is 0.481 e. The second kappa shape index (κ2) is 4.49.